The van der Waals surface area contributed by atoms with Crippen molar-refractivity contribution in [3.63, 3.8) is 0 Å². The van der Waals surface area contributed by atoms with E-state index >= 15 is 0 Å². The van der Waals surface area contributed by atoms with Crippen LogP contribution in [0.5, 0.6) is 0 Å². The molecule has 0 spiro atoms. The summed E-state index contributed by atoms with van der Waals surface area (Å²) in [7, 11) is -4.17. The third kappa shape index (κ3) is 5.28. The zero-order valence-electron chi connectivity index (χ0n) is 16.3. The average Bonchev–Trinajstić information content (AvgIpc) is 2.77. The average molecular weight is 460 g/mol. The molecule has 1 heterocycles. The van der Waals surface area contributed by atoms with E-state index in [1.807, 2.05) is 0 Å². The minimum absolute atomic E-state index is 0.0440. The fourth-order valence-corrected chi connectivity index (χ4v) is 4.74. The number of benzene rings is 2. The van der Waals surface area contributed by atoms with E-state index in [-0.39, 0.29) is 34.3 Å². The van der Waals surface area contributed by atoms with Gasteiger partial charge in [0.05, 0.1) is 29.5 Å². The minimum atomic E-state index is -4.17. The van der Waals surface area contributed by atoms with Gasteiger partial charge in [0.2, 0.25) is 0 Å². The predicted molar refractivity (Wildman–Crippen MR) is 118 cm³/mol. The summed E-state index contributed by atoms with van der Waals surface area (Å²) in [5.41, 5.74) is 1.02. The van der Waals surface area contributed by atoms with Gasteiger partial charge in [-0.25, -0.2) is 12.8 Å². The van der Waals surface area contributed by atoms with Gasteiger partial charge in [-0.15, -0.1) is 6.58 Å². The lowest BCUT2D eigenvalue weighted by Gasteiger charge is -2.24. The number of halogens is 2. The topological polar surface area (TPSA) is 79.4 Å². The van der Waals surface area contributed by atoms with E-state index in [4.69, 9.17) is 11.6 Å². The third-order valence-corrected chi connectivity index (χ3v) is 6.60. The van der Waals surface area contributed by atoms with Gasteiger partial charge in [-0.1, -0.05) is 23.7 Å². The highest BCUT2D eigenvalue weighted by molar-refractivity contribution is 7.93. The number of amides is 1. The molecular formula is C22H19ClFN3O3S. The molecule has 3 aromatic rings. The van der Waals surface area contributed by atoms with Crippen LogP contribution in [0.25, 0.3) is 0 Å². The van der Waals surface area contributed by atoms with Crippen LogP contribution in [0.3, 0.4) is 0 Å². The second kappa shape index (κ2) is 9.72. The van der Waals surface area contributed by atoms with Gasteiger partial charge in [-0.3, -0.25) is 14.1 Å². The number of sulfonamides is 1. The molecule has 0 aliphatic rings. The Bertz CT molecular complexity index is 1190. The Balaban J connectivity index is 1.92. The van der Waals surface area contributed by atoms with Crippen LogP contribution in [0.4, 0.5) is 10.1 Å². The van der Waals surface area contributed by atoms with Crippen LogP contribution in [0.2, 0.25) is 5.02 Å². The first-order valence-corrected chi connectivity index (χ1v) is 11.0. The van der Waals surface area contributed by atoms with Crippen LogP contribution in [0, 0.1) is 5.82 Å². The lowest BCUT2D eigenvalue weighted by molar-refractivity contribution is 0.0950. The lowest BCUT2D eigenvalue weighted by Crippen LogP contribution is -2.32. The van der Waals surface area contributed by atoms with Crippen molar-refractivity contribution in [3.05, 3.63) is 102 Å². The van der Waals surface area contributed by atoms with Crippen molar-refractivity contribution in [1.29, 1.82) is 0 Å². The van der Waals surface area contributed by atoms with Gasteiger partial charge in [0.1, 0.15) is 10.7 Å². The molecule has 1 amide bonds. The molecule has 31 heavy (non-hydrogen) atoms. The van der Waals surface area contributed by atoms with Crippen molar-refractivity contribution in [1.82, 2.24) is 10.3 Å². The lowest BCUT2D eigenvalue weighted by atomic mass is 10.2. The summed E-state index contributed by atoms with van der Waals surface area (Å²) < 4.78 is 41.0. The zero-order valence-corrected chi connectivity index (χ0v) is 17.9. The summed E-state index contributed by atoms with van der Waals surface area (Å²) in [5.74, 6) is -0.972. The third-order valence-electron chi connectivity index (χ3n) is 4.33. The smallest absolute Gasteiger partial charge is 0.266 e. The van der Waals surface area contributed by atoms with Crippen molar-refractivity contribution in [2.24, 2.45) is 0 Å². The molecule has 6 nitrogen and oxygen atoms in total. The van der Waals surface area contributed by atoms with Gasteiger partial charge in [-0.2, -0.15) is 0 Å². The first-order valence-electron chi connectivity index (χ1n) is 9.20. The summed E-state index contributed by atoms with van der Waals surface area (Å²) in [4.78, 5) is 16.4. The number of nitrogens with zero attached hydrogens (tertiary/aromatic N) is 2. The molecule has 0 aliphatic carbocycles. The Morgan fingerprint density at radius 1 is 1.16 bits per heavy atom. The summed E-state index contributed by atoms with van der Waals surface area (Å²) in [5, 5.41) is 2.65. The normalized spacial score (nSPS) is 11.0. The molecule has 0 atom stereocenters. The zero-order chi connectivity index (χ0) is 22.4. The van der Waals surface area contributed by atoms with E-state index in [9.17, 15) is 17.6 Å². The van der Waals surface area contributed by atoms with Crippen molar-refractivity contribution < 1.29 is 17.6 Å². The summed E-state index contributed by atoms with van der Waals surface area (Å²) in [6.45, 7) is 3.70. The van der Waals surface area contributed by atoms with Gasteiger partial charge in [0.15, 0.2) is 0 Å². The van der Waals surface area contributed by atoms with Crippen LogP contribution >= 0.6 is 11.6 Å². The Kier molecular flexibility index (Phi) is 7.04. The molecule has 0 saturated carbocycles. The molecule has 0 radical (unpaired) electrons. The molecule has 2 aromatic carbocycles. The Morgan fingerprint density at radius 3 is 2.55 bits per heavy atom. The van der Waals surface area contributed by atoms with E-state index < -0.39 is 21.7 Å². The maximum Gasteiger partial charge on any atom is 0.266 e. The van der Waals surface area contributed by atoms with Gasteiger partial charge in [0, 0.05) is 11.8 Å². The van der Waals surface area contributed by atoms with Crippen molar-refractivity contribution in [2.45, 2.75) is 11.4 Å². The minimum Gasteiger partial charge on any atom is -0.346 e. The monoisotopic (exact) mass is 459 g/mol. The Labute approximate surface area is 185 Å². The number of pyridine rings is 1. The fraction of sp³-hybridized carbons (Fsp3) is 0.0909. The number of nitrogens with one attached hydrogen (secondary N) is 1. The Hall–Kier alpha value is -3.23. The highest BCUT2D eigenvalue weighted by Crippen LogP contribution is 2.29. The van der Waals surface area contributed by atoms with Gasteiger partial charge < -0.3 is 5.32 Å². The molecule has 160 valence electrons. The molecule has 0 fully saturated rings. The second-order valence-electron chi connectivity index (χ2n) is 6.45. The largest absolute Gasteiger partial charge is 0.346 e. The first-order chi connectivity index (χ1) is 14.8. The summed E-state index contributed by atoms with van der Waals surface area (Å²) >= 11 is 6.18. The van der Waals surface area contributed by atoms with E-state index in [1.165, 1.54) is 36.4 Å². The molecule has 3 rings (SSSR count). The molecule has 1 N–H and O–H groups in total. The van der Waals surface area contributed by atoms with Crippen LogP contribution in [0.1, 0.15) is 16.1 Å². The van der Waals surface area contributed by atoms with E-state index in [1.54, 1.807) is 24.4 Å². The highest BCUT2D eigenvalue weighted by Gasteiger charge is 2.27. The van der Waals surface area contributed by atoms with Crippen molar-refractivity contribution in [2.75, 3.05) is 10.8 Å². The fourth-order valence-electron chi connectivity index (χ4n) is 2.80. The van der Waals surface area contributed by atoms with Crippen molar-refractivity contribution >= 4 is 33.2 Å². The molecule has 0 bridgehead atoms. The molecule has 9 heteroatoms. The summed E-state index contributed by atoms with van der Waals surface area (Å²) in [6.07, 6.45) is 3.01. The number of hydrogen-bond donors (Lipinski definition) is 1. The second-order valence-corrected chi connectivity index (χ2v) is 8.69. The predicted octanol–water partition coefficient (Wildman–Crippen LogP) is 4.19. The van der Waals surface area contributed by atoms with Crippen LogP contribution in [0.15, 0.2) is 84.4 Å². The SMILES string of the molecule is C=CCN(c1ccc(F)cc1)S(=O)(=O)c1cc(C(=O)NCc2ccccn2)ccc1Cl. The molecule has 0 unspecified atom stereocenters. The van der Waals surface area contributed by atoms with E-state index in [0.29, 0.717) is 5.69 Å². The molecule has 0 aliphatic heterocycles. The molecule has 1 aromatic heterocycles. The van der Waals surface area contributed by atoms with E-state index in [2.05, 4.69) is 16.9 Å². The first kappa shape index (κ1) is 22.5. The highest BCUT2D eigenvalue weighted by atomic mass is 35.5. The van der Waals surface area contributed by atoms with Gasteiger partial charge in [0.25, 0.3) is 15.9 Å². The van der Waals surface area contributed by atoms with Crippen LogP contribution in [-0.2, 0) is 16.6 Å². The number of aromatic nitrogens is 1. The number of carbonyl (C=O) groups is 1. The molecular weight excluding hydrogens is 441 g/mol. The maximum absolute atomic E-state index is 13.3. The summed E-state index contributed by atoms with van der Waals surface area (Å²) in [6, 6.07) is 14.3. The van der Waals surface area contributed by atoms with E-state index in [0.717, 1.165) is 16.4 Å². The molecule has 0 saturated heterocycles. The van der Waals surface area contributed by atoms with Gasteiger partial charge in [-0.05, 0) is 54.6 Å². The number of anilines is 1. The quantitative estimate of drug-likeness (QED) is 0.512. The van der Waals surface area contributed by atoms with Crippen LogP contribution in [-0.4, -0.2) is 25.9 Å². The Morgan fingerprint density at radius 2 is 1.90 bits per heavy atom. The number of carbonyl (C=O) groups excluding carboxylic acids is 1. The number of hydrogen-bond acceptors (Lipinski definition) is 4. The van der Waals surface area contributed by atoms with Crippen molar-refractivity contribution in [3.8, 4) is 0 Å². The standard InChI is InChI=1S/C22H19ClFN3O3S/c1-2-13-27(19-9-7-17(24)8-10-19)31(29,30)21-14-16(6-11-20(21)23)22(28)26-15-18-5-3-4-12-25-18/h2-12,14H,1,13,15H2,(H,26,28). The van der Waals surface area contributed by atoms with Crippen LogP contribution < -0.4 is 9.62 Å². The maximum atomic E-state index is 13.3. The van der Waals surface area contributed by atoms with Gasteiger partial charge >= 0.3 is 0 Å². The number of rotatable bonds is 8.